The second-order valence-electron chi connectivity index (χ2n) is 10.1. The Labute approximate surface area is 204 Å². The van der Waals surface area contributed by atoms with Crippen molar-refractivity contribution in [3.05, 3.63) is 47.5 Å². The van der Waals surface area contributed by atoms with Gasteiger partial charge in [-0.15, -0.1) is 0 Å². The van der Waals surface area contributed by atoms with Crippen molar-refractivity contribution in [2.24, 2.45) is 0 Å². The van der Waals surface area contributed by atoms with Crippen LogP contribution in [0.25, 0.3) is 22.2 Å². The van der Waals surface area contributed by atoms with E-state index in [0.29, 0.717) is 18.6 Å². The molecule has 3 N–H and O–H groups in total. The Bertz CT molecular complexity index is 1210. The Hall–Kier alpha value is -2.68. The molecule has 0 radical (unpaired) electrons. The summed E-state index contributed by atoms with van der Waals surface area (Å²) in [6.45, 7) is 5.01. The van der Waals surface area contributed by atoms with E-state index in [1.54, 1.807) is 0 Å². The molecule has 2 aliphatic rings. The van der Waals surface area contributed by atoms with Gasteiger partial charge in [-0.2, -0.15) is 0 Å². The number of fused-ring (bicyclic) bond motifs is 1. The number of ether oxygens (including phenoxy) is 1. The number of pyridine rings is 1. The van der Waals surface area contributed by atoms with Crippen LogP contribution in [0.15, 0.2) is 30.6 Å². The molecule has 0 bridgehead atoms. The number of benzene rings is 1. The molecule has 8 heteroatoms. The second-order valence-corrected chi connectivity index (χ2v) is 10.1. The molecule has 0 spiro atoms. The molecule has 35 heavy (non-hydrogen) atoms. The first-order chi connectivity index (χ1) is 16.9. The van der Waals surface area contributed by atoms with Gasteiger partial charge >= 0.3 is 0 Å². The maximum Gasteiger partial charge on any atom is 0.223 e. The van der Waals surface area contributed by atoms with Crippen LogP contribution in [0.1, 0.15) is 69.4 Å². The van der Waals surface area contributed by atoms with Gasteiger partial charge in [-0.05, 0) is 42.9 Å². The van der Waals surface area contributed by atoms with Crippen molar-refractivity contribution in [1.29, 1.82) is 0 Å². The minimum absolute atomic E-state index is 0.152. The summed E-state index contributed by atoms with van der Waals surface area (Å²) in [7, 11) is 0. The Morgan fingerprint density at radius 1 is 1.14 bits per heavy atom. The highest BCUT2D eigenvalue weighted by Crippen LogP contribution is 2.42. The lowest BCUT2D eigenvalue weighted by atomic mass is 9.76. The molecular weight excluding hydrogens is 447 g/mol. The zero-order valence-electron chi connectivity index (χ0n) is 20.3. The lowest BCUT2D eigenvalue weighted by molar-refractivity contribution is -0.0136. The van der Waals surface area contributed by atoms with E-state index in [9.17, 15) is 14.6 Å². The van der Waals surface area contributed by atoms with E-state index >= 15 is 0 Å². The molecule has 3 aromatic rings. The van der Waals surface area contributed by atoms with Crippen molar-refractivity contribution in [3.63, 3.8) is 0 Å². The van der Waals surface area contributed by atoms with Gasteiger partial charge in [-0.3, -0.25) is 4.98 Å². The van der Waals surface area contributed by atoms with Gasteiger partial charge < -0.3 is 20.3 Å². The monoisotopic (exact) mass is 480 g/mol. The Kier molecular flexibility index (Phi) is 6.70. The largest absolute Gasteiger partial charge is 0.389 e. The SMILES string of the molecule is CC(C)c1c(C2(O)CCCCC2)cnc2ccc(-c3nc(N[C@@H]4CCOC[C@H]4O)ncc3F)cc12. The Morgan fingerprint density at radius 3 is 2.69 bits per heavy atom. The van der Waals surface area contributed by atoms with E-state index in [2.05, 4.69) is 34.1 Å². The molecular formula is C27H33FN4O3. The molecule has 7 nitrogen and oxygen atoms in total. The molecule has 1 saturated heterocycles. The highest BCUT2D eigenvalue weighted by molar-refractivity contribution is 5.88. The average Bonchev–Trinajstić information content (AvgIpc) is 2.86. The number of halogens is 1. The fourth-order valence-corrected chi connectivity index (χ4v) is 5.46. The first kappa shape index (κ1) is 24.0. The number of hydrogen-bond donors (Lipinski definition) is 3. The summed E-state index contributed by atoms with van der Waals surface area (Å²) in [5.41, 5.74) is 2.66. The standard InChI is InChI=1S/C27H33FN4O3/c1-16(2)24-18-12-17(6-7-21(18)29-13-19(24)27(34)9-4-3-5-10-27)25-20(28)14-30-26(32-25)31-22-8-11-35-15-23(22)33/h6-7,12-14,16,22-23,33-34H,3-5,8-11,15H2,1-2H3,(H,30,31,32)/t22-,23-/m1/s1. The molecule has 1 saturated carbocycles. The first-order valence-electron chi connectivity index (χ1n) is 12.6. The summed E-state index contributed by atoms with van der Waals surface area (Å²) in [4.78, 5) is 13.2. The van der Waals surface area contributed by atoms with Crippen molar-refractivity contribution in [1.82, 2.24) is 15.0 Å². The third-order valence-corrected chi connectivity index (χ3v) is 7.33. The fraction of sp³-hybridized carbons (Fsp3) is 0.519. The quantitative estimate of drug-likeness (QED) is 0.488. The molecule has 2 atom stereocenters. The van der Waals surface area contributed by atoms with Crippen LogP contribution in [0.3, 0.4) is 0 Å². The molecule has 0 unspecified atom stereocenters. The van der Waals surface area contributed by atoms with E-state index < -0.39 is 17.5 Å². The summed E-state index contributed by atoms with van der Waals surface area (Å²) in [5, 5.41) is 25.7. The molecule has 0 amide bonds. The van der Waals surface area contributed by atoms with Crippen LogP contribution < -0.4 is 5.32 Å². The molecule has 2 fully saturated rings. The Balaban J connectivity index is 1.56. The van der Waals surface area contributed by atoms with E-state index in [-0.39, 0.29) is 30.2 Å². The van der Waals surface area contributed by atoms with Crippen LogP contribution in [0, 0.1) is 5.82 Å². The number of hydrogen-bond acceptors (Lipinski definition) is 7. The van der Waals surface area contributed by atoms with Crippen LogP contribution in [0.5, 0.6) is 0 Å². The number of nitrogens with zero attached hydrogens (tertiary/aromatic N) is 3. The lowest BCUT2D eigenvalue weighted by Crippen LogP contribution is -2.42. The second kappa shape index (κ2) is 9.76. The summed E-state index contributed by atoms with van der Waals surface area (Å²) in [6, 6.07) is 5.36. The molecule has 1 aliphatic carbocycles. The third-order valence-electron chi connectivity index (χ3n) is 7.33. The smallest absolute Gasteiger partial charge is 0.223 e. The molecule has 2 aromatic heterocycles. The molecule has 5 rings (SSSR count). The van der Waals surface area contributed by atoms with Crippen molar-refractivity contribution in [3.8, 4) is 11.3 Å². The number of aliphatic hydroxyl groups is 2. The van der Waals surface area contributed by atoms with E-state index in [1.165, 1.54) is 0 Å². The molecule has 1 aromatic carbocycles. The van der Waals surface area contributed by atoms with Gasteiger partial charge in [0.25, 0.3) is 0 Å². The van der Waals surface area contributed by atoms with Crippen LogP contribution in [0.4, 0.5) is 10.3 Å². The highest BCUT2D eigenvalue weighted by Gasteiger charge is 2.35. The first-order valence-corrected chi connectivity index (χ1v) is 12.6. The summed E-state index contributed by atoms with van der Waals surface area (Å²) in [6.07, 6.45) is 7.51. The highest BCUT2D eigenvalue weighted by atomic mass is 19.1. The topological polar surface area (TPSA) is 100 Å². The summed E-state index contributed by atoms with van der Waals surface area (Å²) >= 11 is 0. The van der Waals surface area contributed by atoms with E-state index in [4.69, 9.17) is 4.74 Å². The summed E-state index contributed by atoms with van der Waals surface area (Å²) in [5.74, 6) is -0.109. The van der Waals surface area contributed by atoms with Gasteiger partial charge in [-0.25, -0.2) is 14.4 Å². The number of aliphatic hydroxyl groups excluding tert-OH is 1. The van der Waals surface area contributed by atoms with Crippen molar-refractivity contribution in [2.75, 3.05) is 18.5 Å². The van der Waals surface area contributed by atoms with Crippen LogP contribution >= 0.6 is 0 Å². The minimum Gasteiger partial charge on any atom is -0.389 e. The van der Waals surface area contributed by atoms with Crippen LogP contribution in [-0.2, 0) is 10.3 Å². The van der Waals surface area contributed by atoms with Gasteiger partial charge in [0, 0.05) is 29.3 Å². The normalized spacial score (nSPS) is 22.5. The third kappa shape index (κ3) is 4.75. The van der Waals surface area contributed by atoms with E-state index in [1.807, 2.05) is 24.4 Å². The lowest BCUT2D eigenvalue weighted by Gasteiger charge is -2.35. The van der Waals surface area contributed by atoms with Gasteiger partial charge in [0.1, 0.15) is 5.69 Å². The molecule has 186 valence electrons. The average molecular weight is 481 g/mol. The van der Waals surface area contributed by atoms with Gasteiger partial charge in [0.15, 0.2) is 5.82 Å². The number of anilines is 1. The fourth-order valence-electron chi connectivity index (χ4n) is 5.46. The van der Waals surface area contributed by atoms with Crippen molar-refractivity contribution >= 4 is 16.9 Å². The number of rotatable bonds is 5. The van der Waals surface area contributed by atoms with Crippen molar-refractivity contribution in [2.45, 2.75) is 76.0 Å². The number of nitrogens with one attached hydrogen (secondary N) is 1. The van der Waals surface area contributed by atoms with E-state index in [0.717, 1.165) is 60.3 Å². The molecule has 3 heterocycles. The molecule has 1 aliphatic heterocycles. The zero-order valence-corrected chi connectivity index (χ0v) is 20.3. The van der Waals surface area contributed by atoms with Gasteiger partial charge in [0.2, 0.25) is 5.95 Å². The zero-order chi connectivity index (χ0) is 24.6. The maximum absolute atomic E-state index is 14.9. The van der Waals surface area contributed by atoms with Gasteiger partial charge in [0.05, 0.1) is 36.1 Å². The minimum atomic E-state index is -0.878. The number of aromatic nitrogens is 3. The predicted octanol–water partition coefficient (Wildman–Crippen LogP) is 4.67. The van der Waals surface area contributed by atoms with Crippen LogP contribution in [0.2, 0.25) is 0 Å². The maximum atomic E-state index is 14.9. The van der Waals surface area contributed by atoms with Crippen molar-refractivity contribution < 1.29 is 19.3 Å². The Morgan fingerprint density at radius 2 is 1.94 bits per heavy atom. The predicted molar refractivity (Wildman–Crippen MR) is 133 cm³/mol. The van der Waals surface area contributed by atoms with Crippen LogP contribution in [-0.4, -0.2) is 50.5 Å². The van der Waals surface area contributed by atoms with Gasteiger partial charge in [-0.1, -0.05) is 39.2 Å². The summed E-state index contributed by atoms with van der Waals surface area (Å²) < 4.78 is 20.2.